The Kier molecular flexibility index (Phi) is 8.89. The summed E-state index contributed by atoms with van der Waals surface area (Å²) in [7, 11) is 0. The molecule has 1 fully saturated rings. The van der Waals surface area contributed by atoms with Crippen molar-refractivity contribution in [3.05, 3.63) is 0 Å². The lowest BCUT2D eigenvalue weighted by atomic mass is 10.1. The van der Waals surface area contributed by atoms with Crippen LogP contribution in [0.25, 0.3) is 0 Å². The van der Waals surface area contributed by atoms with Crippen LogP contribution in [0.3, 0.4) is 0 Å². The molecule has 0 spiro atoms. The minimum absolute atomic E-state index is 0.201. The molecular formula is C15H28N2O. The highest BCUT2D eigenvalue weighted by Crippen LogP contribution is 2.10. The van der Waals surface area contributed by atoms with Crippen molar-refractivity contribution >= 4 is 0 Å². The molecule has 0 saturated carbocycles. The number of morpholine rings is 1. The lowest BCUT2D eigenvalue weighted by molar-refractivity contribution is 0.0000339. The van der Waals surface area contributed by atoms with E-state index in [4.69, 9.17) is 10.00 Å². The summed E-state index contributed by atoms with van der Waals surface area (Å²) in [6, 6.07) is 2.20. The topological polar surface area (TPSA) is 36.3 Å². The maximum absolute atomic E-state index is 8.82. The molecule has 0 N–H and O–H groups in total. The summed E-state index contributed by atoms with van der Waals surface area (Å²) in [5.41, 5.74) is 0. The van der Waals surface area contributed by atoms with Gasteiger partial charge in [-0.3, -0.25) is 4.90 Å². The van der Waals surface area contributed by atoms with E-state index in [1.807, 2.05) is 0 Å². The van der Waals surface area contributed by atoms with Gasteiger partial charge in [-0.25, -0.2) is 0 Å². The fourth-order valence-corrected chi connectivity index (χ4v) is 2.45. The van der Waals surface area contributed by atoms with Crippen LogP contribution in [0.1, 0.15) is 58.3 Å². The van der Waals surface area contributed by atoms with Crippen LogP contribution in [0.2, 0.25) is 0 Å². The van der Waals surface area contributed by atoms with E-state index >= 15 is 0 Å². The zero-order valence-corrected chi connectivity index (χ0v) is 11.9. The molecule has 1 heterocycles. The third kappa shape index (κ3) is 6.98. The molecule has 0 aromatic heterocycles. The molecule has 1 rings (SSSR count). The van der Waals surface area contributed by atoms with Crippen LogP contribution >= 0.6 is 0 Å². The van der Waals surface area contributed by atoms with E-state index in [2.05, 4.69) is 17.9 Å². The minimum Gasteiger partial charge on any atom is -0.361 e. The molecule has 3 nitrogen and oxygen atoms in total. The van der Waals surface area contributed by atoms with E-state index in [1.165, 1.54) is 51.4 Å². The zero-order chi connectivity index (χ0) is 13.1. The van der Waals surface area contributed by atoms with Crippen LogP contribution in [-0.2, 0) is 4.74 Å². The van der Waals surface area contributed by atoms with Gasteiger partial charge in [0.2, 0.25) is 0 Å². The second kappa shape index (κ2) is 10.3. The first-order valence-electron chi connectivity index (χ1n) is 7.60. The molecular weight excluding hydrogens is 224 g/mol. The monoisotopic (exact) mass is 252 g/mol. The normalized spacial score (nSPS) is 20.8. The highest BCUT2D eigenvalue weighted by molar-refractivity contribution is 4.89. The quantitative estimate of drug-likeness (QED) is 0.590. The van der Waals surface area contributed by atoms with Gasteiger partial charge in [-0.1, -0.05) is 51.9 Å². The molecule has 18 heavy (non-hydrogen) atoms. The average molecular weight is 252 g/mol. The number of hydrogen-bond donors (Lipinski definition) is 0. The van der Waals surface area contributed by atoms with Gasteiger partial charge in [-0.05, 0) is 13.0 Å². The first-order chi connectivity index (χ1) is 8.86. The van der Waals surface area contributed by atoms with Crippen molar-refractivity contribution in [2.24, 2.45) is 0 Å². The van der Waals surface area contributed by atoms with E-state index in [0.29, 0.717) is 0 Å². The molecule has 0 aromatic carbocycles. The van der Waals surface area contributed by atoms with Gasteiger partial charge in [-0.15, -0.1) is 0 Å². The predicted molar refractivity (Wildman–Crippen MR) is 74.4 cm³/mol. The van der Waals surface area contributed by atoms with Crippen molar-refractivity contribution < 1.29 is 4.74 Å². The third-order valence-corrected chi connectivity index (χ3v) is 3.62. The van der Waals surface area contributed by atoms with Crippen LogP contribution in [0, 0.1) is 11.3 Å². The molecule has 1 unspecified atom stereocenters. The highest BCUT2D eigenvalue weighted by atomic mass is 16.5. The second-order valence-electron chi connectivity index (χ2n) is 5.26. The van der Waals surface area contributed by atoms with E-state index < -0.39 is 0 Å². The Morgan fingerprint density at radius 1 is 1.11 bits per heavy atom. The summed E-state index contributed by atoms with van der Waals surface area (Å²) in [5.74, 6) is 0. The van der Waals surface area contributed by atoms with Crippen molar-refractivity contribution in [1.29, 1.82) is 5.26 Å². The van der Waals surface area contributed by atoms with Gasteiger partial charge in [0.1, 0.15) is 0 Å². The maximum Gasteiger partial charge on any atom is 0.156 e. The van der Waals surface area contributed by atoms with Crippen LogP contribution < -0.4 is 0 Å². The largest absolute Gasteiger partial charge is 0.361 e. The van der Waals surface area contributed by atoms with Crippen LogP contribution in [-0.4, -0.2) is 37.2 Å². The summed E-state index contributed by atoms with van der Waals surface area (Å²) >= 11 is 0. The number of ether oxygens (including phenoxy) is 1. The molecule has 1 aliphatic heterocycles. The molecule has 1 aliphatic rings. The van der Waals surface area contributed by atoms with Gasteiger partial charge in [0, 0.05) is 13.1 Å². The first-order valence-corrected chi connectivity index (χ1v) is 7.60. The zero-order valence-electron chi connectivity index (χ0n) is 11.9. The van der Waals surface area contributed by atoms with Gasteiger partial charge in [-0.2, -0.15) is 5.26 Å². The van der Waals surface area contributed by atoms with E-state index in [1.54, 1.807) is 0 Å². The molecule has 1 saturated heterocycles. The third-order valence-electron chi connectivity index (χ3n) is 3.62. The van der Waals surface area contributed by atoms with Crippen LogP contribution in [0.4, 0.5) is 0 Å². The van der Waals surface area contributed by atoms with Gasteiger partial charge in [0.25, 0.3) is 0 Å². The molecule has 0 amide bonds. The van der Waals surface area contributed by atoms with E-state index in [0.717, 1.165) is 26.2 Å². The Labute approximate surface area is 112 Å². The van der Waals surface area contributed by atoms with Gasteiger partial charge in [0.05, 0.1) is 12.7 Å². The Morgan fingerprint density at radius 2 is 1.78 bits per heavy atom. The fourth-order valence-electron chi connectivity index (χ4n) is 2.45. The second-order valence-corrected chi connectivity index (χ2v) is 5.26. The molecule has 104 valence electrons. The SMILES string of the molecule is CCCCCCCCCCN1CCOC(C#N)C1. The summed E-state index contributed by atoms with van der Waals surface area (Å²) < 4.78 is 5.34. The Balaban J connectivity index is 1.90. The summed E-state index contributed by atoms with van der Waals surface area (Å²) in [5, 5.41) is 8.82. The lowest BCUT2D eigenvalue weighted by Gasteiger charge is -2.29. The number of hydrogen-bond acceptors (Lipinski definition) is 3. The van der Waals surface area contributed by atoms with Gasteiger partial charge in [0.15, 0.2) is 6.10 Å². The van der Waals surface area contributed by atoms with Crippen molar-refractivity contribution in [3.8, 4) is 6.07 Å². The fraction of sp³-hybridized carbons (Fsp3) is 0.933. The highest BCUT2D eigenvalue weighted by Gasteiger charge is 2.18. The van der Waals surface area contributed by atoms with E-state index in [9.17, 15) is 0 Å². The standard InChI is InChI=1S/C15H28N2O/c1-2-3-4-5-6-7-8-9-10-17-11-12-18-15(13-16)14-17/h15H,2-12,14H2,1H3. The van der Waals surface area contributed by atoms with Crippen LogP contribution in [0.5, 0.6) is 0 Å². The van der Waals surface area contributed by atoms with Gasteiger partial charge >= 0.3 is 0 Å². The van der Waals surface area contributed by atoms with Gasteiger partial charge < -0.3 is 4.74 Å². The van der Waals surface area contributed by atoms with E-state index in [-0.39, 0.29) is 6.10 Å². The smallest absolute Gasteiger partial charge is 0.156 e. The summed E-state index contributed by atoms with van der Waals surface area (Å²) in [4.78, 5) is 2.37. The molecule has 0 radical (unpaired) electrons. The van der Waals surface area contributed by atoms with Crippen molar-refractivity contribution in [2.45, 2.75) is 64.4 Å². The Hall–Kier alpha value is -0.590. The summed E-state index contributed by atoms with van der Waals surface area (Å²) in [6.45, 7) is 5.91. The Morgan fingerprint density at radius 3 is 2.44 bits per heavy atom. The predicted octanol–water partition coefficient (Wildman–Crippen LogP) is 3.35. The number of rotatable bonds is 9. The maximum atomic E-state index is 8.82. The molecule has 1 atom stereocenters. The molecule has 0 bridgehead atoms. The van der Waals surface area contributed by atoms with Crippen LogP contribution in [0.15, 0.2) is 0 Å². The number of unbranched alkanes of at least 4 members (excludes halogenated alkanes) is 7. The van der Waals surface area contributed by atoms with Crippen molar-refractivity contribution in [2.75, 3.05) is 26.2 Å². The molecule has 0 aromatic rings. The molecule has 3 heteroatoms. The average Bonchev–Trinajstić information content (AvgIpc) is 2.42. The summed E-state index contributed by atoms with van der Waals surface area (Å²) in [6.07, 6.45) is 10.7. The minimum atomic E-state index is -0.201. The first kappa shape index (κ1) is 15.5. The number of nitriles is 1. The lowest BCUT2D eigenvalue weighted by Crippen LogP contribution is -2.42. The Bertz CT molecular complexity index is 237. The molecule has 0 aliphatic carbocycles. The number of nitrogens with zero attached hydrogens (tertiary/aromatic N) is 2. The van der Waals surface area contributed by atoms with Crippen molar-refractivity contribution in [3.63, 3.8) is 0 Å². The van der Waals surface area contributed by atoms with Crippen molar-refractivity contribution in [1.82, 2.24) is 4.90 Å².